The van der Waals surface area contributed by atoms with Crippen molar-refractivity contribution in [3.05, 3.63) is 23.8 Å². The number of carbonyl (C=O) groups is 1. The molecule has 1 atom stereocenters. The summed E-state index contributed by atoms with van der Waals surface area (Å²) in [6.07, 6.45) is 2.46. The summed E-state index contributed by atoms with van der Waals surface area (Å²) in [5, 5.41) is 21.7. The first-order valence-corrected chi connectivity index (χ1v) is 7.51. The second-order valence-electron chi connectivity index (χ2n) is 4.70. The van der Waals surface area contributed by atoms with E-state index in [9.17, 15) is 9.90 Å². The average Bonchev–Trinajstić information content (AvgIpc) is 2.37. The summed E-state index contributed by atoms with van der Waals surface area (Å²) in [4.78, 5) is 12.1. The number of carboxylic acid groups (broad SMARTS) is 1. The molecular formula is C14H21NO3S. The molecule has 0 fully saturated rings. The van der Waals surface area contributed by atoms with Crippen LogP contribution in [-0.4, -0.2) is 35.1 Å². The Hall–Kier alpha value is -1.20. The van der Waals surface area contributed by atoms with E-state index < -0.39 is 5.97 Å². The fraction of sp³-hybridized carbons (Fsp3) is 0.500. The van der Waals surface area contributed by atoms with Gasteiger partial charge >= 0.3 is 5.97 Å². The molecule has 5 heteroatoms. The first-order chi connectivity index (χ1) is 9.01. The summed E-state index contributed by atoms with van der Waals surface area (Å²) in [5.74, 6) is -0.620. The maximum Gasteiger partial charge on any atom is 0.338 e. The van der Waals surface area contributed by atoms with Crippen molar-refractivity contribution in [2.24, 2.45) is 5.92 Å². The molecule has 0 heterocycles. The molecule has 1 aromatic carbocycles. The normalized spacial score (nSPS) is 12.5. The minimum atomic E-state index is -0.932. The Morgan fingerprint density at radius 2 is 2.11 bits per heavy atom. The van der Waals surface area contributed by atoms with Gasteiger partial charge in [0, 0.05) is 17.5 Å². The van der Waals surface area contributed by atoms with Crippen LogP contribution in [0.4, 0.5) is 5.69 Å². The minimum absolute atomic E-state index is 0.0557. The molecular weight excluding hydrogens is 262 g/mol. The maximum atomic E-state index is 11.4. The number of aliphatic hydroxyl groups excluding tert-OH is 1. The van der Waals surface area contributed by atoms with Gasteiger partial charge in [0.25, 0.3) is 0 Å². The fourth-order valence-electron chi connectivity index (χ4n) is 1.95. The lowest BCUT2D eigenvalue weighted by molar-refractivity contribution is 0.0694. The summed E-state index contributed by atoms with van der Waals surface area (Å²) in [6.45, 7) is 4.18. The molecule has 1 aromatic rings. The average molecular weight is 283 g/mol. The van der Waals surface area contributed by atoms with Crippen molar-refractivity contribution in [3.63, 3.8) is 0 Å². The molecule has 0 aliphatic heterocycles. The van der Waals surface area contributed by atoms with Crippen LogP contribution in [0.5, 0.6) is 0 Å². The molecule has 0 aliphatic rings. The van der Waals surface area contributed by atoms with Crippen LogP contribution in [0.1, 0.15) is 30.6 Å². The number of hydrogen-bond acceptors (Lipinski definition) is 4. The molecule has 4 nitrogen and oxygen atoms in total. The maximum absolute atomic E-state index is 11.4. The van der Waals surface area contributed by atoms with Crippen LogP contribution < -0.4 is 5.32 Å². The largest absolute Gasteiger partial charge is 0.478 e. The monoisotopic (exact) mass is 283 g/mol. The lowest BCUT2D eigenvalue weighted by Crippen LogP contribution is -2.27. The van der Waals surface area contributed by atoms with Gasteiger partial charge in [-0.25, -0.2) is 4.79 Å². The van der Waals surface area contributed by atoms with Crippen molar-refractivity contribution in [2.75, 3.05) is 18.2 Å². The molecule has 0 radical (unpaired) electrons. The second kappa shape index (κ2) is 7.40. The van der Waals surface area contributed by atoms with Crippen molar-refractivity contribution in [1.82, 2.24) is 0 Å². The quantitative estimate of drug-likeness (QED) is 0.671. The number of aliphatic hydroxyl groups is 1. The van der Waals surface area contributed by atoms with Crippen molar-refractivity contribution >= 4 is 23.4 Å². The summed E-state index contributed by atoms with van der Waals surface area (Å²) < 4.78 is 0. The highest BCUT2D eigenvalue weighted by atomic mass is 32.2. The highest BCUT2D eigenvalue weighted by Crippen LogP contribution is 2.28. The van der Waals surface area contributed by atoms with Gasteiger partial charge in [-0.2, -0.15) is 0 Å². The van der Waals surface area contributed by atoms with E-state index in [4.69, 9.17) is 5.11 Å². The Kier molecular flexibility index (Phi) is 6.18. The van der Waals surface area contributed by atoms with Gasteiger partial charge in [0.05, 0.1) is 11.3 Å². The van der Waals surface area contributed by atoms with E-state index in [0.717, 1.165) is 4.90 Å². The van der Waals surface area contributed by atoms with Gasteiger partial charge in [-0.1, -0.05) is 19.9 Å². The molecule has 0 amide bonds. The Morgan fingerprint density at radius 1 is 1.42 bits per heavy atom. The fourth-order valence-corrected chi connectivity index (χ4v) is 2.57. The van der Waals surface area contributed by atoms with Gasteiger partial charge in [0.15, 0.2) is 0 Å². The topological polar surface area (TPSA) is 69.6 Å². The lowest BCUT2D eigenvalue weighted by Gasteiger charge is -2.24. The minimum Gasteiger partial charge on any atom is -0.478 e. The van der Waals surface area contributed by atoms with Gasteiger partial charge < -0.3 is 15.5 Å². The third-order valence-electron chi connectivity index (χ3n) is 3.05. The molecule has 106 valence electrons. The number of aromatic carboxylic acids is 1. The number of rotatable bonds is 7. The third-order valence-corrected chi connectivity index (χ3v) is 3.83. The summed E-state index contributed by atoms with van der Waals surface area (Å²) in [5.41, 5.74) is 0.921. The molecule has 3 N–H and O–H groups in total. The van der Waals surface area contributed by atoms with Gasteiger partial charge in [-0.15, -0.1) is 11.8 Å². The van der Waals surface area contributed by atoms with Crippen LogP contribution in [0.2, 0.25) is 0 Å². The number of benzene rings is 1. The van der Waals surface area contributed by atoms with Gasteiger partial charge in [0.1, 0.15) is 0 Å². The van der Waals surface area contributed by atoms with Crippen LogP contribution in [0, 0.1) is 5.92 Å². The smallest absolute Gasteiger partial charge is 0.338 e. The molecule has 0 saturated heterocycles. The Balaban J connectivity index is 3.08. The van der Waals surface area contributed by atoms with E-state index in [2.05, 4.69) is 5.32 Å². The number of thioether (sulfide) groups is 1. The molecule has 1 rings (SSSR count). The van der Waals surface area contributed by atoms with Gasteiger partial charge in [-0.3, -0.25) is 0 Å². The first-order valence-electron chi connectivity index (χ1n) is 6.29. The Morgan fingerprint density at radius 3 is 2.58 bits per heavy atom. The third kappa shape index (κ3) is 4.14. The highest BCUT2D eigenvalue weighted by Gasteiger charge is 2.19. The SMILES string of the molecule is CSc1cccc(NC(CCO)C(C)C)c1C(=O)O. The Labute approximate surface area is 118 Å². The zero-order valence-electron chi connectivity index (χ0n) is 11.5. The second-order valence-corrected chi connectivity index (χ2v) is 5.54. The zero-order chi connectivity index (χ0) is 14.4. The summed E-state index contributed by atoms with van der Waals surface area (Å²) in [7, 11) is 0. The molecule has 1 unspecified atom stereocenters. The van der Waals surface area contributed by atoms with E-state index in [1.165, 1.54) is 11.8 Å². The summed E-state index contributed by atoms with van der Waals surface area (Å²) in [6, 6.07) is 5.47. The van der Waals surface area contributed by atoms with E-state index in [1.54, 1.807) is 12.1 Å². The van der Waals surface area contributed by atoms with Crippen molar-refractivity contribution < 1.29 is 15.0 Å². The molecule has 0 saturated carbocycles. The molecule has 19 heavy (non-hydrogen) atoms. The lowest BCUT2D eigenvalue weighted by atomic mass is 10.00. The van der Waals surface area contributed by atoms with E-state index in [0.29, 0.717) is 23.6 Å². The van der Waals surface area contributed by atoms with E-state index >= 15 is 0 Å². The standard InChI is InChI=1S/C14H21NO3S/c1-9(2)10(7-8-16)15-11-5-4-6-12(19-3)13(11)14(17)18/h4-6,9-10,15-16H,7-8H2,1-3H3,(H,17,18). The molecule has 0 aliphatic carbocycles. The van der Waals surface area contributed by atoms with Crippen LogP contribution in [0.3, 0.4) is 0 Å². The molecule has 0 bridgehead atoms. The Bertz CT molecular complexity index is 435. The van der Waals surface area contributed by atoms with E-state index in [1.807, 2.05) is 26.2 Å². The zero-order valence-corrected chi connectivity index (χ0v) is 12.3. The van der Waals surface area contributed by atoms with Crippen LogP contribution in [-0.2, 0) is 0 Å². The summed E-state index contributed by atoms with van der Waals surface area (Å²) >= 11 is 1.42. The van der Waals surface area contributed by atoms with Crippen LogP contribution in [0.25, 0.3) is 0 Å². The molecule has 0 aromatic heterocycles. The predicted octanol–water partition coefficient (Wildman–Crippen LogP) is 2.93. The number of hydrogen-bond donors (Lipinski definition) is 3. The number of anilines is 1. The van der Waals surface area contributed by atoms with E-state index in [-0.39, 0.29) is 12.6 Å². The first kappa shape index (κ1) is 15.9. The van der Waals surface area contributed by atoms with Crippen LogP contribution >= 0.6 is 11.8 Å². The van der Waals surface area contributed by atoms with Crippen molar-refractivity contribution in [1.29, 1.82) is 0 Å². The van der Waals surface area contributed by atoms with Crippen LogP contribution in [0.15, 0.2) is 23.1 Å². The van der Waals surface area contributed by atoms with Crippen molar-refractivity contribution in [3.8, 4) is 0 Å². The molecule has 0 spiro atoms. The highest BCUT2D eigenvalue weighted by molar-refractivity contribution is 7.98. The van der Waals surface area contributed by atoms with Crippen molar-refractivity contribution in [2.45, 2.75) is 31.2 Å². The van der Waals surface area contributed by atoms with Gasteiger partial charge in [-0.05, 0) is 30.7 Å². The van der Waals surface area contributed by atoms with Gasteiger partial charge in [0.2, 0.25) is 0 Å². The predicted molar refractivity (Wildman–Crippen MR) is 79.1 cm³/mol. The number of carboxylic acids is 1. The number of nitrogens with one attached hydrogen (secondary N) is 1.